The predicted molar refractivity (Wildman–Crippen MR) is 136 cm³/mol. The molecule has 35 heavy (non-hydrogen) atoms. The van der Waals surface area contributed by atoms with Crippen molar-refractivity contribution < 1.29 is 23.9 Å². The van der Waals surface area contributed by atoms with Crippen molar-refractivity contribution in [3.8, 4) is 0 Å². The maximum Gasteiger partial charge on any atom is 0.329 e. The van der Waals surface area contributed by atoms with Gasteiger partial charge in [0.05, 0.1) is 31.2 Å². The van der Waals surface area contributed by atoms with Crippen molar-refractivity contribution in [1.82, 2.24) is 4.90 Å². The summed E-state index contributed by atoms with van der Waals surface area (Å²) in [6, 6.07) is 3.03. The van der Waals surface area contributed by atoms with Gasteiger partial charge >= 0.3 is 5.97 Å². The van der Waals surface area contributed by atoms with Gasteiger partial charge in [-0.05, 0) is 30.5 Å². The molecule has 1 atom stereocenters. The van der Waals surface area contributed by atoms with E-state index in [2.05, 4.69) is 5.32 Å². The predicted octanol–water partition coefficient (Wildman–Crippen LogP) is 6.80. The molecule has 0 aromatic heterocycles. The third-order valence-corrected chi connectivity index (χ3v) is 7.14. The van der Waals surface area contributed by atoms with E-state index >= 15 is 0 Å². The summed E-state index contributed by atoms with van der Waals surface area (Å²) in [6.07, 6.45) is 0.0481. The van der Waals surface area contributed by atoms with Gasteiger partial charge in [0.15, 0.2) is 6.61 Å². The van der Waals surface area contributed by atoms with E-state index in [-0.39, 0.29) is 43.6 Å². The number of rotatable bonds is 7. The lowest BCUT2D eigenvalue weighted by Crippen LogP contribution is -2.47. The number of hydrogen-bond donors (Lipinski definition) is 1. The molecule has 0 radical (unpaired) electrons. The number of anilines is 1. The van der Waals surface area contributed by atoms with Crippen LogP contribution in [0.25, 0.3) is 0 Å². The van der Waals surface area contributed by atoms with Gasteiger partial charge in [-0.15, -0.1) is 0 Å². The van der Waals surface area contributed by atoms with Gasteiger partial charge in [-0.2, -0.15) is 0 Å². The zero-order valence-electron chi connectivity index (χ0n) is 18.1. The van der Waals surface area contributed by atoms with Crippen molar-refractivity contribution in [1.29, 1.82) is 0 Å². The van der Waals surface area contributed by atoms with Gasteiger partial charge < -0.3 is 10.1 Å². The molecule has 13 heteroatoms. The smallest absolute Gasteiger partial charge is 0.329 e. The molecule has 0 spiro atoms. The van der Waals surface area contributed by atoms with Crippen LogP contribution in [0.2, 0.25) is 30.1 Å². The van der Waals surface area contributed by atoms with E-state index in [0.717, 1.165) is 0 Å². The molecule has 1 aliphatic rings. The van der Waals surface area contributed by atoms with E-state index in [0.29, 0.717) is 20.6 Å². The largest absolute Gasteiger partial charge is 0.454 e. The van der Waals surface area contributed by atoms with Crippen LogP contribution in [0.15, 0.2) is 18.2 Å². The fourth-order valence-corrected chi connectivity index (χ4v) is 5.00. The van der Waals surface area contributed by atoms with Crippen LogP contribution in [0.5, 0.6) is 0 Å². The van der Waals surface area contributed by atoms with Crippen molar-refractivity contribution in [3.05, 3.63) is 59.5 Å². The number of fused-ring (bicyclic) bond motifs is 1. The lowest BCUT2D eigenvalue weighted by Gasteiger charge is -2.26. The van der Waals surface area contributed by atoms with Crippen LogP contribution in [0.1, 0.15) is 41.0 Å². The second-order valence-electron chi connectivity index (χ2n) is 7.95. The van der Waals surface area contributed by atoms with Crippen LogP contribution in [-0.2, 0) is 14.3 Å². The first-order chi connectivity index (χ1) is 16.3. The van der Waals surface area contributed by atoms with Crippen molar-refractivity contribution >= 4 is 99.0 Å². The molecule has 0 bridgehead atoms. The van der Waals surface area contributed by atoms with Gasteiger partial charge in [0.1, 0.15) is 6.04 Å². The fourth-order valence-electron chi connectivity index (χ4n) is 3.46. The summed E-state index contributed by atoms with van der Waals surface area (Å²) in [4.78, 5) is 52.3. The number of amides is 3. The Morgan fingerprint density at radius 2 is 1.34 bits per heavy atom. The Balaban J connectivity index is 1.82. The maximum atomic E-state index is 13.2. The lowest BCUT2D eigenvalue weighted by molar-refractivity contribution is -0.151. The third kappa shape index (κ3) is 5.82. The van der Waals surface area contributed by atoms with Gasteiger partial charge in [0, 0.05) is 15.7 Å². The normalized spacial score (nSPS) is 13.8. The van der Waals surface area contributed by atoms with Crippen LogP contribution in [0, 0.1) is 5.92 Å². The Morgan fingerprint density at radius 1 is 0.857 bits per heavy atom. The van der Waals surface area contributed by atoms with Crippen LogP contribution in [0.3, 0.4) is 0 Å². The van der Waals surface area contributed by atoms with E-state index in [9.17, 15) is 19.2 Å². The zero-order chi connectivity index (χ0) is 26.2. The van der Waals surface area contributed by atoms with Gasteiger partial charge in [-0.3, -0.25) is 19.3 Å². The minimum Gasteiger partial charge on any atom is -0.454 e. The first-order valence-electron chi connectivity index (χ1n) is 9.99. The van der Waals surface area contributed by atoms with Crippen LogP contribution in [-0.4, -0.2) is 41.2 Å². The van der Waals surface area contributed by atoms with E-state index in [1.54, 1.807) is 13.8 Å². The number of nitrogens with zero attached hydrogens (tertiary/aromatic N) is 1. The highest BCUT2D eigenvalue weighted by Gasteiger charge is 2.47. The number of hydrogen-bond acceptors (Lipinski definition) is 5. The maximum absolute atomic E-state index is 13.2. The SMILES string of the molecule is CC(C)CC(C(=O)OCC(=O)Nc1cc(Cl)cc(Cl)c1)N1C(=O)c2c(Cl)c(Cl)c(Cl)c(Cl)c2C1=O. The molecule has 1 unspecified atom stereocenters. The summed E-state index contributed by atoms with van der Waals surface area (Å²) >= 11 is 36.2. The average Bonchev–Trinajstić information content (AvgIpc) is 3.02. The van der Waals surface area contributed by atoms with Crippen molar-refractivity contribution in [3.63, 3.8) is 0 Å². The lowest BCUT2D eigenvalue weighted by atomic mass is 10.0. The summed E-state index contributed by atoms with van der Waals surface area (Å²) in [7, 11) is 0. The van der Waals surface area contributed by atoms with E-state index in [1.165, 1.54) is 18.2 Å². The summed E-state index contributed by atoms with van der Waals surface area (Å²) in [5.41, 5.74) is -0.220. The zero-order valence-corrected chi connectivity index (χ0v) is 22.6. The molecule has 3 rings (SSSR count). The monoisotopic (exact) mass is 598 g/mol. The van der Waals surface area contributed by atoms with E-state index in [4.69, 9.17) is 74.3 Å². The number of carbonyl (C=O) groups excluding carboxylic acids is 4. The van der Waals surface area contributed by atoms with Crippen molar-refractivity contribution in [2.75, 3.05) is 11.9 Å². The first-order valence-corrected chi connectivity index (χ1v) is 12.3. The molecule has 1 heterocycles. The van der Waals surface area contributed by atoms with E-state index in [1.807, 2.05) is 0 Å². The van der Waals surface area contributed by atoms with Gasteiger partial charge in [0.25, 0.3) is 17.7 Å². The minimum atomic E-state index is -1.36. The van der Waals surface area contributed by atoms with Gasteiger partial charge in [-0.1, -0.05) is 83.5 Å². The molecule has 186 valence electrons. The topological polar surface area (TPSA) is 92.8 Å². The number of halogens is 6. The molecule has 1 aliphatic heterocycles. The Bertz CT molecular complexity index is 1180. The Morgan fingerprint density at radius 3 is 1.80 bits per heavy atom. The minimum absolute atomic E-state index is 0.0481. The van der Waals surface area contributed by atoms with Crippen molar-refractivity contribution in [2.24, 2.45) is 5.92 Å². The molecule has 0 fully saturated rings. The van der Waals surface area contributed by atoms with Crippen LogP contribution >= 0.6 is 69.6 Å². The Labute approximate surface area is 230 Å². The highest BCUT2D eigenvalue weighted by molar-refractivity contribution is 6.55. The molecule has 0 saturated heterocycles. The van der Waals surface area contributed by atoms with Crippen LogP contribution < -0.4 is 5.32 Å². The molecular formula is C22H16Cl6N2O5. The number of ether oxygens (including phenoxy) is 1. The Kier molecular flexibility index (Phi) is 8.84. The molecule has 0 saturated carbocycles. The average molecular weight is 601 g/mol. The third-order valence-electron chi connectivity index (χ3n) is 4.90. The number of carbonyl (C=O) groups is 4. The summed E-state index contributed by atoms with van der Waals surface area (Å²) in [6.45, 7) is 2.86. The highest BCUT2D eigenvalue weighted by atomic mass is 35.5. The van der Waals surface area contributed by atoms with E-state index < -0.39 is 36.3 Å². The molecule has 2 aromatic carbocycles. The molecule has 1 N–H and O–H groups in total. The first kappa shape index (κ1) is 27.8. The van der Waals surface area contributed by atoms with Crippen molar-refractivity contribution in [2.45, 2.75) is 26.3 Å². The summed E-state index contributed by atoms with van der Waals surface area (Å²) < 4.78 is 5.13. The number of benzene rings is 2. The van der Waals surface area contributed by atoms with Crippen LogP contribution in [0.4, 0.5) is 5.69 Å². The number of nitrogens with one attached hydrogen (secondary N) is 1. The highest BCUT2D eigenvalue weighted by Crippen LogP contribution is 2.45. The van der Waals surface area contributed by atoms with Gasteiger partial charge in [0.2, 0.25) is 0 Å². The standard InChI is InChI=1S/C22H16Cl6N2O5/c1-8(2)3-12(22(34)35-7-13(31)29-11-5-9(23)4-10(24)6-11)30-20(32)14-15(21(30)33)17(26)19(28)18(27)16(14)25/h4-6,8,12H,3,7H2,1-2H3,(H,29,31). The number of imide groups is 1. The summed E-state index contributed by atoms with van der Waals surface area (Å²) in [5.74, 6) is -3.56. The quantitative estimate of drug-likeness (QED) is 0.163. The second kappa shape index (κ2) is 11.1. The molecule has 0 aliphatic carbocycles. The molecule has 7 nitrogen and oxygen atoms in total. The fraction of sp³-hybridized carbons (Fsp3) is 0.273. The summed E-state index contributed by atoms with van der Waals surface area (Å²) in [5, 5.41) is 2.18. The second-order valence-corrected chi connectivity index (χ2v) is 10.3. The molecule has 2 aromatic rings. The van der Waals surface area contributed by atoms with Gasteiger partial charge in [-0.25, -0.2) is 4.79 Å². The molecule has 3 amide bonds. The molecular weight excluding hydrogens is 585 g/mol. The number of esters is 1. The Hall–Kier alpha value is -1.74.